The Morgan fingerprint density at radius 3 is 2.74 bits per heavy atom. The monoisotopic (exact) mass is 309 g/mol. The number of benzene rings is 2. The van der Waals surface area contributed by atoms with Gasteiger partial charge in [-0.2, -0.15) is 0 Å². The van der Waals surface area contributed by atoms with E-state index >= 15 is 0 Å². The van der Waals surface area contributed by atoms with E-state index in [0.717, 1.165) is 11.1 Å². The number of nitrogens with one attached hydrogen (secondary N) is 1. The summed E-state index contributed by atoms with van der Waals surface area (Å²) in [6.45, 7) is 4.21. The minimum atomic E-state index is -0.323. The summed E-state index contributed by atoms with van der Waals surface area (Å²) in [5.41, 5.74) is 6.72. The average Bonchev–Trinajstić information content (AvgIpc) is 3.06. The molecule has 0 saturated heterocycles. The quantitative estimate of drug-likeness (QED) is 0.873. The summed E-state index contributed by atoms with van der Waals surface area (Å²) in [4.78, 5) is 17.4. The number of ether oxygens (including phenoxy) is 1. The number of rotatable bonds is 4. The Kier molecular flexibility index (Phi) is 4.44. The van der Waals surface area contributed by atoms with Gasteiger partial charge in [0.05, 0.1) is 18.2 Å². The fraction of sp³-hybridized carbons (Fsp3) is 0.211. The van der Waals surface area contributed by atoms with Gasteiger partial charge in [0.1, 0.15) is 0 Å². The molecule has 0 bridgehead atoms. The molecular weight excluding hydrogens is 290 g/mol. The van der Waals surface area contributed by atoms with Gasteiger partial charge in [0.25, 0.3) is 0 Å². The first kappa shape index (κ1) is 15.3. The van der Waals surface area contributed by atoms with Crippen LogP contribution >= 0.6 is 0 Å². The number of esters is 1. The Balaban J connectivity index is 1.82. The molecule has 2 aromatic rings. The van der Waals surface area contributed by atoms with E-state index in [-0.39, 0.29) is 12.0 Å². The Hall–Kier alpha value is -2.59. The SMILES string of the molecule is CCOC(=O)c1cccc(C2=CC(c3ccc(C)cc3)NO2)c1. The standard InChI is InChI=1S/C19H19NO3/c1-3-22-19(21)16-6-4-5-15(11-16)18-12-17(20-23-18)14-9-7-13(2)8-10-14/h4-12,17,20H,3H2,1-2H3. The molecule has 1 aliphatic heterocycles. The number of carbonyl (C=O) groups excluding carboxylic acids is 1. The molecule has 4 heteroatoms. The van der Waals surface area contributed by atoms with Crippen molar-refractivity contribution in [3.05, 3.63) is 76.9 Å². The van der Waals surface area contributed by atoms with Gasteiger partial charge < -0.3 is 9.57 Å². The predicted molar refractivity (Wildman–Crippen MR) is 88.5 cm³/mol. The van der Waals surface area contributed by atoms with Crippen LogP contribution in [0.25, 0.3) is 5.76 Å². The lowest BCUT2D eigenvalue weighted by Gasteiger charge is -2.08. The smallest absolute Gasteiger partial charge is 0.338 e. The zero-order valence-corrected chi connectivity index (χ0v) is 13.2. The molecule has 0 aromatic heterocycles. The normalized spacial score (nSPS) is 16.6. The summed E-state index contributed by atoms with van der Waals surface area (Å²) in [5.74, 6) is 0.387. The van der Waals surface area contributed by atoms with Crippen LogP contribution in [0.3, 0.4) is 0 Å². The van der Waals surface area contributed by atoms with Gasteiger partial charge in [0.2, 0.25) is 0 Å². The van der Waals surface area contributed by atoms with Crippen LogP contribution < -0.4 is 5.48 Å². The van der Waals surface area contributed by atoms with Gasteiger partial charge in [-0.15, -0.1) is 5.48 Å². The first-order valence-corrected chi connectivity index (χ1v) is 7.65. The van der Waals surface area contributed by atoms with Crippen molar-refractivity contribution in [2.75, 3.05) is 6.61 Å². The Morgan fingerprint density at radius 2 is 2.00 bits per heavy atom. The lowest BCUT2D eigenvalue weighted by molar-refractivity contribution is 0.0526. The highest BCUT2D eigenvalue weighted by Gasteiger charge is 2.20. The average molecular weight is 309 g/mol. The molecule has 4 nitrogen and oxygen atoms in total. The van der Waals surface area contributed by atoms with Crippen LogP contribution in [0.2, 0.25) is 0 Å². The van der Waals surface area contributed by atoms with Crippen molar-refractivity contribution in [2.24, 2.45) is 0 Å². The van der Waals surface area contributed by atoms with Crippen molar-refractivity contribution >= 4 is 11.7 Å². The molecule has 0 fully saturated rings. The van der Waals surface area contributed by atoms with Crippen molar-refractivity contribution in [2.45, 2.75) is 19.9 Å². The summed E-state index contributed by atoms with van der Waals surface area (Å²) in [6.07, 6.45) is 2.01. The highest BCUT2D eigenvalue weighted by Crippen LogP contribution is 2.28. The maximum atomic E-state index is 11.8. The van der Waals surface area contributed by atoms with E-state index in [2.05, 4.69) is 36.7 Å². The second-order valence-electron chi connectivity index (χ2n) is 5.44. The van der Waals surface area contributed by atoms with Gasteiger partial charge in [-0.3, -0.25) is 0 Å². The molecular formula is C19H19NO3. The highest BCUT2D eigenvalue weighted by molar-refractivity contribution is 5.90. The van der Waals surface area contributed by atoms with Crippen LogP contribution in [0.1, 0.15) is 40.0 Å². The van der Waals surface area contributed by atoms with Gasteiger partial charge in [0, 0.05) is 5.56 Å². The molecule has 1 N–H and O–H groups in total. The van der Waals surface area contributed by atoms with E-state index in [1.807, 2.05) is 18.2 Å². The molecule has 1 heterocycles. The first-order chi connectivity index (χ1) is 11.2. The van der Waals surface area contributed by atoms with E-state index in [0.29, 0.717) is 17.9 Å². The number of carbonyl (C=O) groups is 1. The van der Waals surface area contributed by atoms with E-state index in [4.69, 9.17) is 9.57 Å². The summed E-state index contributed by atoms with van der Waals surface area (Å²) in [5, 5.41) is 0. The topological polar surface area (TPSA) is 47.6 Å². The van der Waals surface area contributed by atoms with Gasteiger partial charge in [-0.25, -0.2) is 4.79 Å². The summed E-state index contributed by atoms with van der Waals surface area (Å²) < 4.78 is 5.03. The second-order valence-corrected chi connectivity index (χ2v) is 5.44. The molecule has 118 valence electrons. The van der Waals surface area contributed by atoms with Crippen molar-refractivity contribution in [3.63, 3.8) is 0 Å². The molecule has 1 aliphatic rings. The molecule has 0 radical (unpaired) electrons. The number of hydrogen-bond acceptors (Lipinski definition) is 4. The van der Waals surface area contributed by atoms with E-state index in [9.17, 15) is 4.79 Å². The van der Waals surface area contributed by atoms with Crippen molar-refractivity contribution in [1.82, 2.24) is 5.48 Å². The minimum absolute atomic E-state index is 0.00292. The van der Waals surface area contributed by atoms with Crippen LogP contribution in [-0.2, 0) is 9.57 Å². The third-order valence-electron chi connectivity index (χ3n) is 3.71. The molecule has 0 saturated carbocycles. The molecule has 0 amide bonds. The largest absolute Gasteiger partial charge is 0.462 e. The fourth-order valence-electron chi connectivity index (χ4n) is 2.45. The molecule has 1 atom stereocenters. The van der Waals surface area contributed by atoms with E-state index in [1.54, 1.807) is 19.1 Å². The first-order valence-electron chi connectivity index (χ1n) is 7.65. The van der Waals surface area contributed by atoms with Crippen molar-refractivity contribution in [1.29, 1.82) is 0 Å². The van der Waals surface area contributed by atoms with Crippen molar-refractivity contribution < 1.29 is 14.4 Å². The Bertz CT molecular complexity index is 735. The maximum absolute atomic E-state index is 11.8. The number of aryl methyl sites for hydroxylation is 1. The molecule has 2 aromatic carbocycles. The maximum Gasteiger partial charge on any atom is 0.338 e. The molecule has 1 unspecified atom stereocenters. The van der Waals surface area contributed by atoms with Crippen molar-refractivity contribution in [3.8, 4) is 0 Å². The van der Waals surface area contributed by atoms with Gasteiger partial charge in [-0.1, -0.05) is 42.0 Å². The van der Waals surface area contributed by atoms with Crippen LogP contribution in [0, 0.1) is 6.92 Å². The zero-order chi connectivity index (χ0) is 16.2. The lowest BCUT2D eigenvalue weighted by atomic mass is 10.0. The number of hydroxylamine groups is 1. The Morgan fingerprint density at radius 1 is 1.22 bits per heavy atom. The third-order valence-corrected chi connectivity index (χ3v) is 3.71. The van der Waals surface area contributed by atoms with Gasteiger partial charge in [-0.05, 0) is 37.6 Å². The third kappa shape index (κ3) is 3.43. The van der Waals surface area contributed by atoms with Crippen LogP contribution in [-0.4, -0.2) is 12.6 Å². The lowest BCUT2D eigenvalue weighted by Crippen LogP contribution is -2.12. The molecule has 0 aliphatic carbocycles. The van der Waals surface area contributed by atoms with Crippen LogP contribution in [0.15, 0.2) is 54.6 Å². The summed E-state index contributed by atoms with van der Waals surface area (Å²) in [6, 6.07) is 15.5. The van der Waals surface area contributed by atoms with Crippen LogP contribution in [0.5, 0.6) is 0 Å². The zero-order valence-electron chi connectivity index (χ0n) is 13.2. The fourth-order valence-corrected chi connectivity index (χ4v) is 2.45. The summed E-state index contributed by atoms with van der Waals surface area (Å²) in [7, 11) is 0. The summed E-state index contributed by atoms with van der Waals surface area (Å²) >= 11 is 0. The molecule has 23 heavy (non-hydrogen) atoms. The van der Waals surface area contributed by atoms with Gasteiger partial charge in [0.15, 0.2) is 5.76 Å². The highest BCUT2D eigenvalue weighted by atomic mass is 16.7. The molecule has 3 rings (SSSR count). The second kappa shape index (κ2) is 6.67. The number of hydrogen-bond donors (Lipinski definition) is 1. The van der Waals surface area contributed by atoms with Crippen LogP contribution in [0.4, 0.5) is 0 Å². The predicted octanol–water partition coefficient (Wildman–Crippen LogP) is 3.79. The Labute approximate surface area is 135 Å². The minimum Gasteiger partial charge on any atom is -0.462 e. The van der Waals surface area contributed by atoms with E-state index in [1.165, 1.54) is 5.56 Å². The van der Waals surface area contributed by atoms with E-state index < -0.39 is 0 Å². The van der Waals surface area contributed by atoms with Gasteiger partial charge >= 0.3 is 5.97 Å². The molecule has 0 spiro atoms.